The van der Waals surface area contributed by atoms with Crippen LogP contribution in [0.15, 0.2) is 45.3 Å². The average molecular weight is 392 g/mol. The van der Waals surface area contributed by atoms with Gasteiger partial charge in [-0.25, -0.2) is 8.78 Å². The van der Waals surface area contributed by atoms with Gasteiger partial charge in [-0.05, 0) is 41.5 Å². The maximum absolute atomic E-state index is 13.1. The van der Waals surface area contributed by atoms with Crippen molar-refractivity contribution in [3.8, 4) is 0 Å². The third-order valence-electron chi connectivity index (χ3n) is 2.62. The zero-order valence-electron chi connectivity index (χ0n) is 9.71. The summed E-state index contributed by atoms with van der Waals surface area (Å²) in [6.07, 6.45) is -0.674. The lowest BCUT2D eigenvalue weighted by Gasteiger charge is -2.12. The molecule has 0 radical (unpaired) electrons. The van der Waals surface area contributed by atoms with E-state index in [9.17, 15) is 13.9 Å². The third-order valence-corrected chi connectivity index (χ3v) is 3.54. The maximum atomic E-state index is 13.1. The van der Waals surface area contributed by atoms with Gasteiger partial charge in [0.05, 0.1) is 6.10 Å². The molecule has 0 heterocycles. The molecule has 0 saturated heterocycles. The molecule has 0 amide bonds. The third kappa shape index (κ3) is 4.09. The van der Waals surface area contributed by atoms with Gasteiger partial charge >= 0.3 is 0 Å². The Kier molecular flexibility index (Phi) is 4.71. The number of hydrogen-bond acceptors (Lipinski definition) is 1. The highest BCUT2D eigenvalue weighted by atomic mass is 79.9. The Balaban J connectivity index is 2.22. The van der Waals surface area contributed by atoms with E-state index in [1.807, 2.05) is 6.07 Å². The van der Waals surface area contributed by atoms with Crippen molar-refractivity contribution in [1.29, 1.82) is 0 Å². The van der Waals surface area contributed by atoms with Gasteiger partial charge in [-0.15, -0.1) is 0 Å². The van der Waals surface area contributed by atoms with E-state index >= 15 is 0 Å². The molecule has 100 valence electrons. The van der Waals surface area contributed by atoms with Crippen LogP contribution in [0.3, 0.4) is 0 Å². The van der Waals surface area contributed by atoms with E-state index < -0.39 is 17.7 Å². The first-order valence-corrected chi connectivity index (χ1v) is 7.11. The zero-order chi connectivity index (χ0) is 14.0. The number of rotatable bonds is 3. The summed E-state index contributed by atoms with van der Waals surface area (Å²) >= 11 is 6.66. The second kappa shape index (κ2) is 6.11. The van der Waals surface area contributed by atoms with Gasteiger partial charge in [0.15, 0.2) is 0 Å². The van der Waals surface area contributed by atoms with Crippen molar-refractivity contribution in [2.45, 2.75) is 12.5 Å². The van der Waals surface area contributed by atoms with E-state index in [4.69, 9.17) is 0 Å². The van der Waals surface area contributed by atoms with Crippen molar-refractivity contribution in [1.82, 2.24) is 0 Å². The summed E-state index contributed by atoms with van der Waals surface area (Å²) in [7, 11) is 0. The molecule has 5 heteroatoms. The van der Waals surface area contributed by atoms with Crippen LogP contribution < -0.4 is 0 Å². The molecule has 0 bridgehead atoms. The molecule has 2 aromatic carbocycles. The van der Waals surface area contributed by atoms with E-state index in [2.05, 4.69) is 31.9 Å². The van der Waals surface area contributed by atoms with Gasteiger partial charge in [0, 0.05) is 21.4 Å². The summed E-state index contributed by atoms with van der Waals surface area (Å²) < 4.78 is 27.8. The first-order chi connectivity index (χ1) is 8.94. The highest BCUT2D eigenvalue weighted by Gasteiger charge is 2.11. The molecule has 0 aromatic heterocycles. The maximum Gasteiger partial charge on any atom is 0.126 e. The molecule has 0 spiro atoms. The highest BCUT2D eigenvalue weighted by molar-refractivity contribution is 9.11. The Morgan fingerprint density at radius 1 is 0.895 bits per heavy atom. The predicted molar refractivity (Wildman–Crippen MR) is 76.9 cm³/mol. The number of benzene rings is 2. The molecule has 0 aliphatic heterocycles. The monoisotopic (exact) mass is 390 g/mol. The van der Waals surface area contributed by atoms with Gasteiger partial charge in [0.25, 0.3) is 0 Å². The van der Waals surface area contributed by atoms with E-state index in [0.29, 0.717) is 11.1 Å². The molecule has 1 unspecified atom stereocenters. The van der Waals surface area contributed by atoms with Crippen molar-refractivity contribution in [2.75, 3.05) is 0 Å². The molecule has 0 fully saturated rings. The summed E-state index contributed by atoms with van der Waals surface area (Å²) in [6, 6.07) is 8.64. The SMILES string of the molecule is OC(Cc1cc(F)cc(F)c1)c1cc(Br)cc(Br)c1. The topological polar surface area (TPSA) is 20.2 Å². The second-order valence-corrected chi connectivity index (χ2v) is 6.03. The van der Waals surface area contributed by atoms with Gasteiger partial charge < -0.3 is 5.11 Å². The molecule has 1 nitrogen and oxygen atoms in total. The van der Waals surface area contributed by atoms with E-state index in [-0.39, 0.29) is 6.42 Å². The Morgan fingerprint density at radius 2 is 1.42 bits per heavy atom. The molecular formula is C14H10Br2F2O. The summed E-state index contributed by atoms with van der Waals surface area (Å²) in [6.45, 7) is 0. The summed E-state index contributed by atoms with van der Waals surface area (Å²) in [5, 5.41) is 10.1. The van der Waals surface area contributed by atoms with Gasteiger partial charge in [-0.1, -0.05) is 31.9 Å². The van der Waals surface area contributed by atoms with Crippen molar-refractivity contribution in [3.05, 3.63) is 68.1 Å². The van der Waals surface area contributed by atoms with Crippen LogP contribution in [0.2, 0.25) is 0 Å². The Morgan fingerprint density at radius 3 is 1.95 bits per heavy atom. The number of aliphatic hydroxyl groups excluding tert-OH is 1. The quantitative estimate of drug-likeness (QED) is 0.799. The first kappa shape index (κ1) is 14.6. The van der Waals surface area contributed by atoms with Crippen LogP contribution in [-0.4, -0.2) is 5.11 Å². The molecule has 2 rings (SSSR count). The fraction of sp³-hybridized carbons (Fsp3) is 0.143. The number of halogens is 4. The van der Waals surface area contributed by atoms with Crippen molar-refractivity contribution >= 4 is 31.9 Å². The van der Waals surface area contributed by atoms with Crippen LogP contribution in [0.1, 0.15) is 17.2 Å². The Bertz CT molecular complexity index is 561. The Labute approximate surface area is 126 Å². The van der Waals surface area contributed by atoms with Crippen molar-refractivity contribution in [3.63, 3.8) is 0 Å². The first-order valence-electron chi connectivity index (χ1n) is 5.53. The summed E-state index contributed by atoms with van der Waals surface area (Å²) in [5.41, 5.74) is 1.09. The van der Waals surface area contributed by atoms with Crippen LogP contribution in [0.5, 0.6) is 0 Å². The largest absolute Gasteiger partial charge is 0.388 e. The molecule has 1 atom stereocenters. The summed E-state index contributed by atoms with van der Waals surface area (Å²) in [4.78, 5) is 0. The number of aliphatic hydroxyl groups is 1. The molecular weight excluding hydrogens is 382 g/mol. The predicted octanol–water partition coefficient (Wildman–Crippen LogP) is 4.77. The van der Waals surface area contributed by atoms with Gasteiger partial charge in [0.2, 0.25) is 0 Å². The van der Waals surface area contributed by atoms with Crippen molar-refractivity contribution in [2.24, 2.45) is 0 Å². The molecule has 19 heavy (non-hydrogen) atoms. The minimum Gasteiger partial charge on any atom is -0.388 e. The lowest BCUT2D eigenvalue weighted by Crippen LogP contribution is -2.03. The smallest absolute Gasteiger partial charge is 0.126 e. The zero-order valence-corrected chi connectivity index (χ0v) is 12.9. The molecule has 0 aliphatic rings. The summed E-state index contributed by atoms with van der Waals surface area (Å²) in [5.74, 6) is -1.28. The minimum atomic E-state index is -0.824. The standard InChI is InChI=1S/C14H10Br2F2O/c15-10-4-9(5-11(16)6-10)14(19)3-8-1-12(17)7-13(18)2-8/h1-2,4-7,14,19H,3H2. The number of hydrogen-bond donors (Lipinski definition) is 1. The van der Waals surface area contributed by atoms with Crippen LogP contribution >= 0.6 is 31.9 Å². The normalized spacial score (nSPS) is 12.5. The van der Waals surface area contributed by atoms with Crippen molar-refractivity contribution < 1.29 is 13.9 Å². The van der Waals surface area contributed by atoms with E-state index in [1.54, 1.807) is 12.1 Å². The van der Waals surface area contributed by atoms with Crippen LogP contribution in [0.4, 0.5) is 8.78 Å². The fourth-order valence-electron chi connectivity index (χ4n) is 1.84. The lowest BCUT2D eigenvalue weighted by atomic mass is 10.0. The van der Waals surface area contributed by atoms with Crippen LogP contribution in [-0.2, 0) is 6.42 Å². The van der Waals surface area contributed by atoms with Crippen LogP contribution in [0, 0.1) is 11.6 Å². The van der Waals surface area contributed by atoms with E-state index in [1.165, 1.54) is 12.1 Å². The Hall–Kier alpha value is -0.780. The van der Waals surface area contributed by atoms with Gasteiger partial charge in [0.1, 0.15) is 11.6 Å². The van der Waals surface area contributed by atoms with Gasteiger partial charge in [-0.2, -0.15) is 0 Å². The minimum absolute atomic E-state index is 0.150. The fourth-order valence-corrected chi connectivity index (χ4v) is 3.17. The molecule has 1 N–H and O–H groups in total. The van der Waals surface area contributed by atoms with Gasteiger partial charge in [-0.3, -0.25) is 0 Å². The average Bonchev–Trinajstić information content (AvgIpc) is 2.25. The van der Waals surface area contributed by atoms with Crippen LogP contribution in [0.25, 0.3) is 0 Å². The second-order valence-electron chi connectivity index (χ2n) is 4.20. The lowest BCUT2D eigenvalue weighted by molar-refractivity contribution is 0.178. The highest BCUT2D eigenvalue weighted by Crippen LogP contribution is 2.26. The molecule has 2 aromatic rings. The van der Waals surface area contributed by atoms with E-state index in [0.717, 1.165) is 15.0 Å². The molecule has 0 aliphatic carbocycles. The molecule has 0 saturated carbocycles.